The SMILES string of the molecule is CCC1c2ccsc2CCN1C(=O)C1CC(=O)N(CCc2ccc(OC)c(OC)c2)C1. The molecule has 1 aromatic carbocycles. The van der Waals surface area contributed by atoms with E-state index in [2.05, 4.69) is 18.4 Å². The maximum absolute atomic E-state index is 13.3. The number of fused-ring (bicyclic) bond motifs is 1. The highest BCUT2D eigenvalue weighted by molar-refractivity contribution is 7.10. The van der Waals surface area contributed by atoms with Gasteiger partial charge in [0.2, 0.25) is 11.8 Å². The van der Waals surface area contributed by atoms with Gasteiger partial charge in [0.05, 0.1) is 26.2 Å². The van der Waals surface area contributed by atoms with Crippen LogP contribution in [0.15, 0.2) is 29.6 Å². The quantitative estimate of drug-likeness (QED) is 0.656. The summed E-state index contributed by atoms with van der Waals surface area (Å²) in [5.74, 6) is 1.33. The molecule has 2 atom stereocenters. The number of carbonyl (C=O) groups excluding carboxylic acids is 2. The fraction of sp³-hybridized carbons (Fsp3) is 0.500. The highest BCUT2D eigenvalue weighted by atomic mass is 32.1. The number of amides is 2. The first-order chi connectivity index (χ1) is 15.0. The first-order valence-corrected chi connectivity index (χ1v) is 11.8. The number of ether oxygens (including phenoxy) is 2. The molecule has 2 unspecified atom stereocenters. The molecule has 0 spiro atoms. The number of carbonyl (C=O) groups is 2. The van der Waals surface area contributed by atoms with Gasteiger partial charge in [-0.25, -0.2) is 0 Å². The second-order valence-corrected chi connectivity index (χ2v) is 9.19. The van der Waals surface area contributed by atoms with Crippen LogP contribution < -0.4 is 9.47 Å². The topological polar surface area (TPSA) is 59.1 Å². The van der Waals surface area contributed by atoms with Gasteiger partial charge in [-0.15, -0.1) is 11.3 Å². The molecule has 0 bridgehead atoms. The Kier molecular flexibility index (Phi) is 6.51. The Hall–Kier alpha value is -2.54. The van der Waals surface area contributed by atoms with Gasteiger partial charge in [0.25, 0.3) is 0 Å². The average molecular weight is 443 g/mol. The van der Waals surface area contributed by atoms with Crippen LogP contribution in [0.3, 0.4) is 0 Å². The predicted octanol–water partition coefficient (Wildman–Crippen LogP) is 3.69. The van der Waals surface area contributed by atoms with E-state index in [0.717, 1.165) is 24.9 Å². The standard InChI is InChI=1S/C24H30N2O4S/c1-4-19-18-9-12-31-22(18)8-11-26(19)24(28)17-14-23(27)25(15-17)10-7-16-5-6-20(29-2)21(13-16)30-3/h5-6,9,12-13,17,19H,4,7-8,10-11,14-15H2,1-3H3. The van der Waals surface area contributed by atoms with Gasteiger partial charge >= 0.3 is 0 Å². The third kappa shape index (κ3) is 4.28. The number of likely N-dealkylation sites (tertiary alicyclic amines) is 1. The molecule has 2 aliphatic rings. The second-order valence-electron chi connectivity index (χ2n) is 8.18. The molecule has 2 aliphatic heterocycles. The first kappa shape index (κ1) is 21.7. The third-order valence-corrected chi connectivity index (χ3v) is 7.44. The third-order valence-electron chi connectivity index (χ3n) is 6.45. The molecule has 0 N–H and O–H groups in total. The van der Waals surface area contributed by atoms with Crippen LogP contribution in [0.25, 0.3) is 0 Å². The van der Waals surface area contributed by atoms with E-state index in [0.29, 0.717) is 37.4 Å². The van der Waals surface area contributed by atoms with E-state index < -0.39 is 0 Å². The van der Waals surface area contributed by atoms with Gasteiger partial charge in [-0.3, -0.25) is 9.59 Å². The summed E-state index contributed by atoms with van der Waals surface area (Å²) >= 11 is 1.78. The normalized spacial score (nSPS) is 20.7. The molecule has 2 aromatic rings. The monoisotopic (exact) mass is 442 g/mol. The van der Waals surface area contributed by atoms with Crippen molar-refractivity contribution in [3.8, 4) is 11.5 Å². The van der Waals surface area contributed by atoms with Crippen molar-refractivity contribution in [3.63, 3.8) is 0 Å². The molecule has 0 radical (unpaired) electrons. The summed E-state index contributed by atoms with van der Waals surface area (Å²) in [6, 6.07) is 8.11. The molecule has 31 heavy (non-hydrogen) atoms. The zero-order chi connectivity index (χ0) is 22.0. The lowest BCUT2D eigenvalue weighted by molar-refractivity contribution is -0.138. The Morgan fingerprint density at radius 1 is 1.19 bits per heavy atom. The molecular formula is C24H30N2O4S. The summed E-state index contributed by atoms with van der Waals surface area (Å²) < 4.78 is 10.7. The van der Waals surface area contributed by atoms with E-state index in [1.54, 1.807) is 25.6 Å². The van der Waals surface area contributed by atoms with Gasteiger partial charge in [-0.1, -0.05) is 13.0 Å². The highest BCUT2D eigenvalue weighted by Crippen LogP contribution is 2.37. The smallest absolute Gasteiger partial charge is 0.228 e. The highest BCUT2D eigenvalue weighted by Gasteiger charge is 2.39. The lowest BCUT2D eigenvalue weighted by Crippen LogP contribution is -2.43. The number of nitrogens with zero attached hydrogens (tertiary/aromatic N) is 2. The molecule has 4 rings (SSSR count). The molecular weight excluding hydrogens is 412 g/mol. The van der Waals surface area contributed by atoms with Crippen molar-refractivity contribution in [2.45, 2.75) is 38.6 Å². The van der Waals surface area contributed by atoms with Crippen molar-refractivity contribution in [1.82, 2.24) is 9.80 Å². The van der Waals surface area contributed by atoms with Crippen molar-refractivity contribution >= 4 is 23.2 Å². The fourth-order valence-corrected chi connectivity index (χ4v) is 5.72. The van der Waals surface area contributed by atoms with Crippen LogP contribution in [0.2, 0.25) is 0 Å². The first-order valence-electron chi connectivity index (χ1n) is 10.9. The molecule has 1 fully saturated rings. The van der Waals surface area contributed by atoms with Gasteiger partial charge in [0.15, 0.2) is 11.5 Å². The minimum atomic E-state index is -0.243. The predicted molar refractivity (Wildman–Crippen MR) is 121 cm³/mol. The number of hydrogen-bond donors (Lipinski definition) is 0. The summed E-state index contributed by atoms with van der Waals surface area (Å²) in [5, 5.41) is 2.12. The Bertz CT molecular complexity index is 957. The second kappa shape index (κ2) is 9.30. The van der Waals surface area contributed by atoms with E-state index in [4.69, 9.17) is 9.47 Å². The average Bonchev–Trinajstić information content (AvgIpc) is 3.42. The largest absolute Gasteiger partial charge is 0.493 e. The van der Waals surface area contributed by atoms with Crippen molar-refractivity contribution < 1.29 is 19.1 Å². The number of methoxy groups -OCH3 is 2. The maximum atomic E-state index is 13.3. The molecule has 166 valence electrons. The summed E-state index contributed by atoms with van der Waals surface area (Å²) in [6.45, 7) is 3.99. The van der Waals surface area contributed by atoms with Crippen LogP contribution in [0.4, 0.5) is 0 Å². The number of rotatable bonds is 7. The van der Waals surface area contributed by atoms with E-state index in [1.165, 1.54) is 10.4 Å². The fourth-order valence-electron chi connectivity index (χ4n) is 4.79. The summed E-state index contributed by atoms with van der Waals surface area (Å²) in [5.41, 5.74) is 2.37. The van der Waals surface area contributed by atoms with E-state index in [9.17, 15) is 9.59 Å². The van der Waals surface area contributed by atoms with Crippen LogP contribution in [-0.4, -0.2) is 55.5 Å². The minimum absolute atomic E-state index is 0.0695. The molecule has 1 aromatic heterocycles. The van der Waals surface area contributed by atoms with E-state index >= 15 is 0 Å². The number of thiophene rings is 1. The van der Waals surface area contributed by atoms with Crippen LogP contribution in [-0.2, 0) is 22.4 Å². The minimum Gasteiger partial charge on any atom is -0.493 e. The Morgan fingerprint density at radius 2 is 2.00 bits per heavy atom. The molecule has 0 saturated carbocycles. The van der Waals surface area contributed by atoms with Crippen LogP contribution in [0.1, 0.15) is 41.8 Å². The zero-order valence-corrected chi connectivity index (χ0v) is 19.2. The van der Waals surface area contributed by atoms with Crippen LogP contribution >= 0.6 is 11.3 Å². The molecule has 1 saturated heterocycles. The van der Waals surface area contributed by atoms with Crippen LogP contribution in [0, 0.1) is 5.92 Å². The van der Waals surface area contributed by atoms with Gasteiger partial charge in [-0.2, -0.15) is 0 Å². The van der Waals surface area contributed by atoms with E-state index in [1.807, 2.05) is 28.0 Å². The molecule has 6 nitrogen and oxygen atoms in total. The van der Waals surface area contributed by atoms with E-state index in [-0.39, 0.29) is 23.8 Å². The molecule has 2 amide bonds. The summed E-state index contributed by atoms with van der Waals surface area (Å²) in [7, 11) is 3.23. The van der Waals surface area contributed by atoms with Gasteiger partial charge in [-0.05, 0) is 54.0 Å². The van der Waals surface area contributed by atoms with Crippen molar-refractivity contribution in [1.29, 1.82) is 0 Å². The Morgan fingerprint density at radius 3 is 2.74 bits per heavy atom. The number of benzene rings is 1. The number of hydrogen-bond acceptors (Lipinski definition) is 5. The Balaban J connectivity index is 1.39. The van der Waals surface area contributed by atoms with Crippen molar-refractivity contribution in [3.05, 3.63) is 45.6 Å². The summed E-state index contributed by atoms with van der Waals surface area (Å²) in [6.07, 6.45) is 2.85. The zero-order valence-electron chi connectivity index (χ0n) is 18.4. The summed E-state index contributed by atoms with van der Waals surface area (Å²) in [4.78, 5) is 31.2. The molecule has 0 aliphatic carbocycles. The Labute approximate surface area is 187 Å². The maximum Gasteiger partial charge on any atom is 0.228 e. The lowest BCUT2D eigenvalue weighted by atomic mass is 9.95. The van der Waals surface area contributed by atoms with Gasteiger partial charge < -0.3 is 19.3 Å². The van der Waals surface area contributed by atoms with Crippen molar-refractivity contribution in [2.24, 2.45) is 5.92 Å². The van der Waals surface area contributed by atoms with Crippen molar-refractivity contribution in [2.75, 3.05) is 33.9 Å². The van der Waals surface area contributed by atoms with Gasteiger partial charge in [0, 0.05) is 30.9 Å². The molecule has 3 heterocycles. The van der Waals surface area contributed by atoms with Gasteiger partial charge in [0.1, 0.15) is 0 Å². The molecule has 7 heteroatoms. The lowest BCUT2D eigenvalue weighted by Gasteiger charge is -2.37. The van der Waals surface area contributed by atoms with Crippen LogP contribution in [0.5, 0.6) is 11.5 Å².